The third-order valence-corrected chi connectivity index (χ3v) is 4.15. The van der Waals surface area contributed by atoms with Crippen LogP contribution in [0, 0.1) is 17.0 Å². The molecule has 2 N–H and O–H groups in total. The van der Waals surface area contributed by atoms with Gasteiger partial charge in [0.15, 0.2) is 0 Å². The Labute approximate surface area is 157 Å². The number of nitrogens with one attached hydrogen (secondary N) is 2. The van der Waals surface area contributed by atoms with Crippen LogP contribution in [0.1, 0.15) is 15.9 Å². The van der Waals surface area contributed by atoms with Crippen LogP contribution in [0.25, 0.3) is 0 Å². The third kappa shape index (κ3) is 4.27. The van der Waals surface area contributed by atoms with Gasteiger partial charge in [-0.15, -0.1) is 12.4 Å². The average Bonchev–Trinajstić information content (AvgIpc) is 2.62. The molecule has 1 aromatic carbocycles. The van der Waals surface area contributed by atoms with Crippen molar-refractivity contribution in [2.75, 3.05) is 36.4 Å². The number of carbonyl (C=O) groups is 1. The summed E-state index contributed by atoms with van der Waals surface area (Å²) in [5.74, 6) is -0.173. The van der Waals surface area contributed by atoms with Crippen molar-refractivity contribution in [2.45, 2.75) is 6.92 Å². The number of halogens is 1. The van der Waals surface area contributed by atoms with E-state index in [9.17, 15) is 14.9 Å². The van der Waals surface area contributed by atoms with E-state index in [2.05, 4.69) is 20.5 Å². The van der Waals surface area contributed by atoms with E-state index in [1.165, 1.54) is 6.07 Å². The lowest BCUT2D eigenvalue weighted by atomic mass is 10.1. The fourth-order valence-electron chi connectivity index (χ4n) is 2.85. The number of hydrogen-bond donors (Lipinski definition) is 2. The number of nitro benzene ring substituents is 1. The minimum atomic E-state index is -0.553. The molecule has 1 aliphatic rings. The molecule has 0 spiro atoms. The van der Waals surface area contributed by atoms with Crippen LogP contribution >= 0.6 is 12.4 Å². The van der Waals surface area contributed by atoms with Crippen molar-refractivity contribution in [1.82, 2.24) is 10.3 Å². The molecule has 138 valence electrons. The van der Waals surface area contributed by atoms with Crippen LogP contribution in [0.3, 0.4) is 0 Å². The number of piperazine rings is 1. The molecule has 0 atom stereocenters. The Hall–Kier alpha value is -2.71. The lowest BCUT2D eigenvalue weighted by Gasteiger charge is -2.29. The Bertz CT molecular complexity index is 791. The number of aryl methyl sites for hydroxylation is 1. The quantitative estimate of drug-likeness (QED) is 0.626. The van der Waals surface area contributed by atoms with Gasteiger partial charge in [0, 0.05) is 32.2 Å². The summed E-state index contributed by atoms with van der Waals surface area (Å²) < 4.78 is 0. The molecule has 0 bridgehead atoms. The number of carbonyl (C=O) groups excluding carboxylic acids is 1. The van der Waals surface area contributed by atoms with Crippen molar-refractivity contribution < 1.29 is 9.72 Å². The second-order valence-corrected chi connectivity index (χ2v) is 5.82. The molecule has 2 heterocycles. The first-order chi connectivity index (χ1) is 12.1. The molecule has 1 saturated heterocycles. The summed E-state index contributed by atoms with van der Waals surface area (Å²) in [6.07, 6.45) is 1.70. The molecule has 3 rings (SSSR count). The minimum Gasteiger partial charge on any atom is -0.368 e. The van der Waals surface area contributed by atoms with Gasteiger partial charge in [-0.2, -0.15) is 0 Å². The molecule has 2 aromatic rings. The number of benzene rings is 1. The molecular formula is C17H20ClN5O3. The van der Waals surface area contributed by atoms with Gasteiger partial charge in [0.05, 0.1) is 16.8 Å². The molecule has 1 aliphatic heterocycles. The lowest BCUT2D eigenvalue weighted by Crippen LogP contribution is -2.43. The van der Waals surface area contributed by atoms with Gasteiger partial charge in [0.1, 0.15) is 11.4 Å². The molecule has 1 fully saturated rings. The first kappa shape index (κ1) is 19.6. The summed E-state index contributed by atoms with van der Waals surface area (Å²) in [5, 5.41) is 17.1. The molecule has 26 heavy (non-hydrogen) atoms. The summed E-state index contributed by atoms with van der Waals surface area (Å²) >= 11 is 0. The average molecular weight is 378 g/mol. The maximum absolute atomic E-state index is 12.5. The summed E-state index contributed by atoms with van der Waals surface area (Å²) in [5.41, 5.74) is 1.38. The molecule has 1 amide bonds. The van der Waals surface area contributed by atoms with E-state index in [1.807, 2.05) is 6.07 Å². The third-order valence-electron chi connectivity index (χ3n) is 4.15. The molecule has 8 nitrogen and oxygen atoms in total. The number of nitro groups is 1. The smallest absolute Gasteiger partial charge is 0.282 e. The highest BCUT2D eigenvalue weighted by molar-refractivity contribution is 6.07. The van der Waals surface area contributed by atoms with Crippen molar-refractivity contribution >= 4 is 35.5 Å². The lowest BCUT2D eigenvalue weighted by molar-refractivity contribution is -0.385. The van der Waals surface area contributed by atoms with E-state index in [0.29, 0.717) is 11.4 Å². The summed E-state index contributed by atoms with van der Waals surface area (Å²) in [6.45, 7) is 5.33. The van der Waals surface area contributed by atoms with Crippen LogP contribution in [0.4, 0.5) is 17.2 Å². The zero-order valence-electron chi connectivity index (χ0n) is 14.3. The highest BCUT2D eigenvalue weighted by Gasteiger charge is 2.22. The largest absolute Gasteiger partial charge is 0.368 e. The molecule has 0 aliphatic carbocycles. The maximum Gasteiger partial charge on any atom is 0.282 e. The second-order valence-electron chi connectivity index (χ2n) is 5.82. The molecule has 0 radical (unpaired) electrons. The van der Waals surface area contributed by atoms with Crippen LogP contribution in [-0.4, -0.2) is 42.0 Å². The van der Waals surface area contributed by atoms with Crippen molar-refractivity contribution in [2.24, 2.45) is 0 Å². The fraction of sp³-hybridized carbons (Fsp3) is 0.294. The van der Waals surface area contributed by atoms with Crippen molar-refractivity contribution in [1.29, 1.82) is 0 Å². The van der Waals surface area contributed by atoms with Gasteiger partial charge in [-0.05, 0) is 24.6 Å². The van der Waals surface area contributed by atoms with Gasteiger partial charge < -0.3 is 15.5 Å². The zero-order chi connectivity index (χ0) is 17.8. The SMILES string of the molecule is Cc1cccc([N+](=O)[O-])c1C(=O)Nc1ccc(N2CCNCC2)cn1.Cl. The van der Waals surface area contributed by atoms with E-state index in [4.69, 9.17) is 0 Å². The number of anilines is 2. The summed E-state index contributed by atoms with van der Waals surface area (Å²) in [6, 6.07) is 8.15. The van der Waals surface area contributed by atoms with Gasteiger partial charge in [-0.25, -0.2) is 4.98 Å². The Morgan fingerprint density at radius 1 is 1.27 bits per heavy atom. The Morgan fingerprint density at radius 3 is 2.62 bits per heavy atom. The van der Waals surface area contributed by atoms with Crippen molar-refractivity contribution in [3.8, 4) is 0 Å². The van der Waals surface area contributed by atoms with Gasteiger partial charge in [0.25, 0.3) is 11.6 Å². The minimum absolute atomic E-state index is 0. The predicted octanol–water partition coefficient (Wildman–Crippen LogP) is 2.38. The number of amides is 1. The van der Waals surface area contributed by atoms with Crippen LogP contribution < -0.4 is 15.5 Å². The molecule has 1 aromatic heterocycles. The van der Waals surface area contributed by atoms with Gasteiger partial charge in [-0.3, -0.25) is 14.9 Å². The topological polar surface area (TPSA) is 100 Å². The number of nitrogens with zero attached hydrogens (tertiary/aromatic N) is 3. The number of rotatable bonds is 4. The van der Waals surface area contributed by atoms with E-state index in [-0.39, 0.29) is 23.7 Å². The number of hydrogen-bond acceptors (Lipinski definition) is 6. The monoisotopic (exact) mass is 377 g/mol. The van der Waals surface area contributed by atoms with Gasteiger partial charge in [0.2, 0.25) is 0 Å². The summed E-state index contributed by atoms with van der Waals surface area (Å²) in [7, 11) is 0. The standard InChI is InChI=1S/C17H19N5O3.ClH/c1-12-3-2-4-14(22(24)25)16(12)17(23)20-15-6-5-13(11-19-15)21-9-7-18-8-10-21;/h2-6,11,18H,7-10H2,1H3,(H,19,20,23);1H. The first-order valence-corrected chi connectivity index (χ1v) is 8.03. The highest BCUT2D eigenvalue weighted by atomic mass is 35.5. The van der Waals surface area contributed by atoms with Crippen LogP contribution in [0.2, 0.25) is 0 Å². The number of pyridine rings is 1. The summed E-state index contributed by atoms with van der Waals surface area (Å²) in [4.78, 5) is 29.5. The molecular weight excluding hydrogens is 358 g/mol. The maximum atomic E-state index is 12.5. The number of aromatic nitrogens is 1. The Kier molecular flexibility index (Phi) is 6.48. The fourth-order valence-corrected chi connectivity index (χ4v) is 2.85. The van der Waals surface area contributed by atoms with Crippen LogP contribution in [0.15, 0.2) is 36.5 Å². The molecule has 0 saturated carbocycles. The van der Waals surface area contributed by atoms with E-state index in [0.717, 1.165) is 31.9 Å². The van der Waals surface area contributed by atoms with Crippen LogP contribution in [-0.2, 0) is 0 Å². The van der Waals surface area contributed by atoms with Crippen LogP contribution in [0.5, 0.6) is 0 Å². The van der Waals surface area contributed by atoms with Gasteiger partial charge in [-0.1, -0.05) is 12.1 Å². The Balaban J connectivity index is 0.00000243. The predicted molar refractivity (Wildman–Crippen MR) is 102 cm³/mol. The zero-order valence-corrected chi connectivity index (χ0v) is 15.1. The first-order valence-electron chi connectivity index (χ1n) is 8.03. The van der Waals surface area contributed by atoms with E-state index >= 15 is 0 Å². The second kappa shape index (κ2) is 8.59. The van der Waals surface area contributed by atoms with Crippen molar-refractivity contribution in [3.63, 3.8) is 0 Å². The van der Waals surface area contributed by atoms with E-state index < -0.39 is 10.8 Å². The Morgan fingerprint density at radius 2 is 2.00 bits per heavy atom. The van der Waals surface area contributed by atoms with E-state index in [1.54, 1.807) is 31.3 Å². The highest BCUT2D eigenvalue weighted by Crippen LogP contribution is 2.23. The normalized spacial score (nSPS) is 13.7. The van der Waals surface area contributed by atoms with Gasteiger partial charge >= 0.3 is 0 Å². The van der Waals surface area contributed by atoms with Crippen molar-refractivity contribution in [3.05, 3.63) is 57.8 Å². The molecule has 0 unspecified atom stereocenters. The molecule has 9 heteroatoms.